The summed E-state index contributed by atoms with van der Waals surface area (Å²) in [5, 5.41) is 5.83. The highest BCUT2D eigenvalue weighted by molar-refractivity contribution is 6.33. The minimum absolute atomic E-state index is 0.00247. The molecule has 9 heteroatoms. The van der Waals surface area contributed by atoms with Crippen molar-refractivity contribution in [2.45, 2.75) is 12.5 Å². The van der Waals surface area contributed by atoms with E-state index in [1.807, 2.05) is 12.1 Å². The Morgan fingerprint density at radius 2 is 2.00 bits per heavy atom. The Kier molecular flexibility index (Phi) is 4.50. The number of nitrogens with one attached hydrogen (secondary N) is 2. The summed E-state index contributed by atoms with van der Waals surface area (Å²) in [4.78, 5) is 38.4. The average molecular weight is 416 g/mol. The van der Waals surface area contributed by atoms with Gasteiger partial charge < -0.3 is 15.1 Å². The fourth-order valence-corrected chi connectivity index (χ4v) is 3.37. The summed E-state index contributed by atoms with van der Waals surface area (Å²) in [6.45, 7) is 0.980. The monoisotopic (exact) mass is 415 g/mol. The number of halogens is 2. The number of urea groups is 1. The van der Waals surface area contributed by atoms with Crippen molar-refractivity contribution in [3.63, 3.8) is 0 Å². The second kappa shape index (κ2) is 6.89. The maximum absolute atomic E-state index is 13.1. The van der Waals surface area contributed by atoms with Crippen LogP contribution >= 0.6 is 11.6 Å². The third-order valence-corrected chi connectivity index (χ3v) is 5.01. The van der Waals surface area contributed by atoms with E-state index >= 15 is 0 Å². The number of rotatable bonds is 4. The second-order valence-electron chi connectivity index (χ2n) is 6.77. The molecule has 3 aromatic rings. The zero-order valence-corrected chi connectivity index (χ0v) is 15.9. The number of furan rings is 1. The molecule has 1 unspecified atom stereocenters. The smallest absolute Gasteiger partial charge is 0.325 e. The molecule has 0 aliphatic carbocycles. The first kappa shape index (κ1) is 18.9. The molecule has 2 heterocycles. The van der Waals surface area contributed by atoms with Gasteiger partial charge >= 0.3 is 6.03 Å². The second-order valence-corrected chi connectivity index (χ2v) is 7.17. The van der Waals surface area contributed by atoms with Gasteiger partial charge in [-0.2, -0.15) is 0 Å². The van der Waals surface area contributed by atoms with Crippen LogP contribution in [0.1, 0.15) is 12.7 Å². The first-order valence-electron chi connectivity index (χ1n) is 8.66. The Morgan fingerprint density at radius 3 is 2.72 bits per heavy atom. The van der Waals surface area contributed by atoms with E-state index in [4.69, 9.17) is 16.0 Å². The van der Waals surface area contributed by atoms with Crippen LogP contribution in [0.2, 0.25) is 5.02 Å². The normalized spacial score (nSPS) is 18.9. The van der Waals surface area contributed by atoms with Crippen LogP contribution < -0.4 is 10.6 Å². The molecule has 7 nitrogen and oxygen atoms in total. The molecule has 0 spiro atoms. The van der Waals surface area contributed by atoms with Gasteiger partial charge in [0.2, 0.25) is 5.91 Å². The van der Waals surface area contributed by atoms with Crippen molar-refractivity contribution in [2.75, 3.05) is 11.9 Å². The molecule has 0 bridgehead atoms. The highest BCUT2D eigenvalue weighted by Crippen LogP contribution is 2.33. The molecule has 2 N–H and O–H groups in total. The van der Waals surface area contributed by atoms with Crippen LogP contribution in [0.5, 0.6) is 0 Å². The molecule has 29 heavy (non-hydrogen) atoms. The molecule has 1 aliphatic heterocycles. The molecule has 0 saturated carbocycles. The van der Waals surface area contributed by atoms with Crippen LogP contribution in [-0.2, 0) is 15.1 Å². The number of amides is 4. The maximum Gasteiger partial charge on any atom is 0.325 e. The molecule has 0 radical (unpaired) electrons. The van der Waals surface area contributed by atoms with Crippen molar-refractivity contribution in [3.05, 3.63) is 65.1 Å². The van der Waals surface area contributed by atoms with Gasteiger partial charge in [-0.1, -0.05) is 29.8 Å². The Hall–Kier alpha value is -3.39. The number of para-hydroxylation sites is 1. The van der Waals surface area contributed by atoms with Gasteiger partial charge in [-0.05, 0) is 37.3 Å². The lowest BCUT2D eigenvalue weighted by molar-refractivity contribution is -0.134. The lowest BCUT2D eigenvalue weighted by Crippen LogP contribution is -2.41. The molecular weight excluding hydrogens is 401 g/mol. The van der Waals surface area contributed by atoms with Crippen LogP contribution in [0.15, 0.2) is 52.9 Å². The molecule has 1 fully saturated rings. The SMILES string of the molecule is CC1(c2cc3ccccc3o2)NC(=O)N(CC(=O)Nc2ccc(F)cc2Cl)C1=O. The zero-order valence-electron chi connectivity index (χ0n) is 15.2. The number of anilines is 1. The van der Waals surface area contributed by atoms with E-state index < -0.39 is 35.7 Å². The largest absolute Gasteiger partial charge is 0.458 e. The van der Waals surface area contributed by atoms with E-state index in [0.29, 0.717) is 5.58 Å². The van der Waals surface area contributed by atoms with E-state index in [1.54, 1.807) is 18.2 Å². The van der Waals surface area contributed by atoms with Gasteiger partial charge in [0.25, 0.3) is 5.91 Å². The van der Waals surface area contributed by atoms with E-state index in [1.165, 1.54) is 13.0 Å². The van der Waals surface area contributed by atoms with Gasteiger partial charge in [-0.25, -0.2) is 9.18 Å². The van der Waals surface area contributed by atoms with Crippen molar-refractivity contribution in [2.24, 2.45) is 0 Å². The van der Waals surface area contributed by atoms with Crippen LogP contribution in [0.3, 0.4) is 0 Å². The summed E-state index contributed by atoms with van der Waals surface area (Å²) in [5.74, 6) is -1.57. The van der Waals surface area contributed by atoms with Gasteiger partial charge in [0, 0.05) is 5.39 Å². The van der Waals surface area contributed by atoms with Gasteiger partial charge in [-0.3, -0.25) is 14.5 Å². The van der Waals surface area contributed by atoms with E-state index in [-0.39, 0.29) is 16.5 Å². The Balaban J connectivity index is 1.53. The Bertz CT molecular complexity index is 1130. The number of fused-ring (bicyclic) bond motifs is 1. The molecule has 4 rings (SSSR count). The third kappa shape index (κ3) is 3.31. The van der Waals surface area contributed by atoms with Crippen molar-refractivity contribution in [1.29, 1.82) is 0 Å². The van der Waals surface area contributed by atoms with E-state index in [2.05, 4.69) is 10.6 Å². The van der Waals surface area contributed by atoms with E-state index in [0.717, 1.165) is 22.4 Å². The van der Waals surface area contributed by atoms with Crippen molar-refractivity contribution < 1.29 is 23.2 Å². The Morgan fingerprint density at radius 1 is 1.24 bits per heavy atom. The predicted octanol–water partition coefficient (Wildman–Crippen LogP) is 3.63. The van der Waals surface area contributed by atoms with Gasteiger partial charge in [0.15, 0.2) is 5.54 Å². The number of hydrogen-bond acceptors (Lipinski definition) is 4. The summed E-state index contributed by atoms with van der Waals surface area (Å²) < 4.78 is 18.9. The highest BCUT2D eigenvalue weighted by atomic mass is 35.5. The van der Waals surface area contributed by atoms with Crippen LogP contribution in [-0.4, -0.2) is 29.3 Å². The van der Waals surface area contributed by atoms with Crippen molar-refractivity contribution in [3.8, 4) is 0 Å². The number of imide groups is 1. The number of nitrogens with zero attached hydrogens (tertiary/aromatic N) is 1. The standard InChI is InChI=1S/C20H15ClFN3O4/c1-20(16-8-11-4-2-3-5-15(11)29-16)18(27)25(19(28)24-20)10-17(26)23-14-7-6-12(22)9-13(14)21/h2-9H,10H2,1H3,(H,23,26)(H,24,28). The van der Waals surface area contributed by atoms with E-state index in [9.17, 15) is 18.8 Å². The number of hydrogen-bond donors (Lipinski definition) is 2. The van der Waals surface area contributed by atoms with Crippen LogP contribution in [0, 0.1) is 5.82 Å². The molecule has 1 atom stereocenters. The average Bonchev–Trinajstić information content (AvgIpc) is 3.20. The lowest BCUT2D eigenvalue weighted by atomic mass is 9.99. The maximum atomic E-state index is 13.1. The minimum Gasteiger partial charge on any atom is -0.458 e. The van der Waals surface area contributed by atoms with Crippen molar-refractivity contribution >= 4 is 46.1 Å². The summed E-state index contributed by atoms with van der Waals surface area (Å²) >= 11 is 5.88. The molecule has 2 aromatic carbocycles. The van der Waals surface area contributed by atoms with Gasteiger partial charge in [0.1, 0.15) is 23.7 Å². The first-order chi connectivity index (χ1) is 13.8. The summed E-state index contributed by atoms with van der Waals surface area (Å²) in [6.07, 6.45) is 0. The predicted molar refractivity (Wildman–Crippen MR) is 104 cm³/mol. The molecule has 1 aromatic heterocycles. The van der Waals surface area contributed by atoms with Gasteiger partial charge in [-0.15, -0.1) is 0 Å². The summed E-state index contributed by atoms with van der Waals surface area (Å²) in [5.41, 5.74) is -0.692. The van der Waals surface area contributed by atoms with Crippen LogP contribution in [0.25, 0.3) is 11.0 Å². The molecule has 4 amide bonds. The molecule has 148 valence electrons. The fourth-order valence-electron chi connectivity index (χ4n) is 3.16. The highest BCUT2D eigenvalue weighted by Gasteiger charge is 2.51. The first-order valence-corrected chi connectivity index (χ1v) is 9.04. The number of carbonyl (C=O) groups is 3. The van der Waals surface area contributed by atoms with Gasteiger partial charge in [0.05, 0.1) is 10.7 Å². The topological polar surface area (TPSA) is 91.7 Å². The minimum atomic E-state index is -1.44. The molecule has 1 saturated heterocycles. The number of benzene rings is 2. The Labute approximate surface area is 169 Å². The third-order valence-electron chi connectivity index (χ3n) is 4.70. The number of carbonyl (C=O) groups excluding carboxylic acids is 3. The van der Waals surface area contributed by atoms with Crippen molar-refractivity contribution in [1.82, 2.24) is 10.2 Å². The zero-order chi connectivity index (χ0) is 20.8. The molecular formula is C20H15ClFN3O4. The quantitative estimate of drug-likeness (QED) is 0.636. The summed E-state index contributed by atoms with van der Waals surface area (Å²) in [6, 6.07) is 11.6. The summed E-state index contributed by atoms with van der Waals surface area (Å²) in [7, 11) is 0. The fraction of sp³-hybridized carbons (Fsp3) is 0.150. The molecule has 1 aliphatic rings. The van der Waals surface area contributed by atoms with Crippen LogP contribution in [0.4, 0.5) is 14.9 Å². The lowest BCUT2D eigenvalue weighted by Gasteiger charge is -2.19.